The molecule has 39 heavy (non-hydrogen) atoms. The second-order valence-corrected chi connectivity index (χ2v) is 12.4. The Hall–Kier alpha value is -2.45. The number of carbonyl (C=O) groups is 3. The van der Waals surface area contributed by atoms with E-state index in [1.807, 2.05) is 24.3 Å². The predicted octanol–water partition coefficient (Wildman–Crippen LogP) is 3.10. The van der Waals surface area contributed by atoms with Gasteiger partial charge in [0, 0.05) is 49.9 Å². The van der Waals surface area contributed by atoms with Gasteiger partial charge in [0.25, 0.3) is 5.91 Å². The van der Waals surface area contributed by atoms with Crippen molar-refractivity contribution < 1.29 is 19.1 Å². The molecule has 5 aliphatic rings. The van der Waals surface area contributed by atoms with Crippen LogP contribution in [0.2, 0.25) is 0 Å². The highest BCUT2D eigenvalue weighted by molar-refractivity contribution is 5.99. The molecule has 2 amide bonds. The van der Waals surface area contributed by atoms with Crippen LogP contribution < -0.4 is 10.2 Å². The first-order chi connectivity index (χ1) is 19.0. The van der Waals surface area contributed by atoms with Gasteiger partial charge in [-0.3, -0.25) is 19.3 Å². The zero-order valence-corrected chi connectivity index (χ0v) is 23.4. The van der Waals surface area contributed by atoms with Gasteiger partial charge in [-0.05, 0) is 74.8 Å². The number of ketones is 1. The molecule has 0 radical (unpaired) electrons. The van der Waals surface area contributed by atoms with E-state index in [1.54, 1.807) is 4.90 Å². The van der Waals surface area contributed by atoms with E-state index in [1.165, 1.54) is 12.8 Å². The van der Waals surface area contributed by atoms with Gasteiger partial charge >= 0.3 is 0 Å². The molecule has 6 rings (SSSR count). The predicted molar refractivity (Wildman–Crippen MR) is 150 cm³/mol. The quantitative estimate of drug-likeness (QED) is 0.550. The number of benzene rings is 1. The summed E-state index contributed by atoms with van der Waals surface area (Å²) in [6.07, 6.45) is 8.49. The van der Waals surface area contributed by atoms with Crippen molar-refractivity contribution in [3.8, 4) is 0 Å². The molecule has 5 fully saturated rings. The van der Waals surface area contributed by atoms with Crippen LogP contribution in [0.4, 0.5) is 5.69 Å². The summed E-state index contributed by atoms with van der Waals surface area (Å²) in [7, 11) is 0. The van der Waals surface area contributed by atoms with Crippen molar-refractivity contribution in [2.45, 2.75) is 76.5 Å². The van der Waals surface area contributed by atoms with E-state index in [0.29, 0.717) is 18.0 Å². The molecule has 0 bridgehead atoms. The Labute approximate surface area is 232 Å². The van der Waals surface area contributed by atoms with Gasteiger partial charge in [0.2, 0.25) is 5.91 Å². The molecule has 8 nitrogen and oxygen atoms in total. The number of piperazine rings is 1. The highest BCUT2D eigenvalue weighted by Crippen LogP contribution is 2.46. The van der Waals surface area contributed by atoms with Crippen molar-refractivity contribution in [3.63, 3.8) is 0 Å². The average Bonchev–Trinajstić information content (AvgIpc) is 3.64. The normalized spacial score (nSPS) is 28.9. The Bertz CT molecular complexity index is 1040. The van der Waals surface area contributed by atoms with Gasteiger partial charge in [0.15, 0.2) is 5.78 Å². The minimum absolute atomic E-state index is 0.0105. The maximum absolute atomic E-state index is 14.1. The Morgan fingerprint density at radius 3 is 2.38 bits per heavy atom. The molecule has 2 saturated carbocycles. The fourth-order valence-corrected chi connectivity index (χ4v) is 7.48. The molecule has 0 spiro atoms. The number of anilines is 1. The summed E-state index contributed by atoms with van der Waals surface area (Å²) in [5, 5.41) is 3.15. The number of rotatable bonds is 8. The van der Waals surface area contributed by atoms with Gasteiger partial charge in [0.05, 0.1) is 6.10 Å². The van der Waals surface area contributed by atoms with E-state index in [-0.39, 0.29) is 42.1 Å². The van der Waals surface area contributed by atoms with Crippen LogP contribution in [0.5, 0.6) is 0 Å². The molecule has 212 valence electrons. The van der Waals surface area contributed by atoms with Gasteiger partial charge in [-0.1, -0.05) is 26.2 Å². The molecule has 0 unspecified atom stereocenters. The second kappa shape index (κ2) is 11.6. The summed E-state index contributed by atoms with van der Waals surface area (Å²) < 4.78 is 5.90. The van der Waals surface area contributed by atoms with Crippen LogP contribution in [0.3, 0.4) is 0 Å². The van der Waals surface area contributed by atoms with E-state index in [9.17, 15) is 14.4 Å². The van der Waals surface area contributed by atoms with E-state index in [4.69, 9.17) is 4.74 Å². The van der Waals surface area contributed by atoms with Gasteiger partial charge in [-0.15, -0.1) is 0 Å². The van der Waals surface area contributed by atoms with Crippen LogP contribution in [0, 0.1) is 17.8 Å². The van der Waals surface area contributed by atoms with Crippen LogP contribution in [-0.4, -0.2) is 91.5 Å². The van der Waals surface area contributed by atoms with Crippen molar-refractivity contribution in [1.82, 2.24) is 15.1 Å². The summed E-state index contributed by atoms with van der Waals surface area (Å²) in [4.78, 5) is 47.1. The molecule has 2 aliphatic carbocycles. The fraction of sp³-hybridized carbons (Fsp3) is 0.710. The third-order valence-electron chi connectivity index (χ3n) is 9.82. The lowest BCUT2D eigenvalue weighted by Crippen LogP contribution is -2.55. The number of nitrogens with one attached hydrogen (secondary N) is 1. The molecule has 3 saturated heterocycles. The minimum atomic E-state index is -0.601. The standard InChI is InChI=1S/C31H44N4O4/c1-2-14-33-15-17-34(18-16-33)24-12-10-23(11-13-24)30(37)32-27(22-6-4-3-5-7-22)31(38)35-19-25(21-8-9-21)29-28(35)26(36)20-39-29/h10-13,21-22,25,27-29H,2-9,14-20H2,1H3,(H,32,37)/t25-,27-,28+,29+/m0/s1. The number of likely N-dealkylation sites (tertiary alicyclic amines) is 1. The highest BCUT2D eigenvalue weighted by atomic mass is 16.5. The second-order valence-electron chi connectivity index (χ2n) is 12.4. The lowest BCUT2D eigenvalue weighted by Gasteiger charge is -2.36. The minimum Gasteiger partial charge on any atom is -0.369 e. The van der Waals surface area contributed by atoms with Crippen LogP contribution >= 0.6 is 0 Å². The summed E-state index contributed by atoms with van der Waals surface area (Å²) in [6, 6.07) is 6.74. The molecule has 4 atom stereocenters. The molecule has 1 aromatic rings. The molecule has 1 N–H and O–H groups in total. The zero-order chi connectivity index (χ0) is 26.9. The maximum atomic E-state index is 14.1. The maximum Gasteiger partial charge on any atom is 0.251 e. The SMILES string of the molecule is CCCN1CCN(c2ccc(C(=O)N[C@H](C(=O)N3C[C@@H](C4CC4)[C@H]4OCC(=O)[C@H]43)C3CCCCC3)cc2)CC1. The highest BCUT2D eigenvalue weighted by Gasteiger charge is 2.56. The average molecular weight is 537 g/mol. The Morgan fingerprint density at radius 1 is 1.00 bits per heavy atom. The Balaban J connectivity index is 1.15. The third-order valence-corrected chi connectivity index (χ3v) is 9.82. The lowest BCUT2D eigenvalue weighted by atomic mass is 9.83. The van der Waals surface area contributed by atoms with Crippen molar-refractivity contribution in [2.24, 2.45) is 17.8 Å². The van der Waals surface area contributed by atoms with Crippen molar-refractivity contribution in [2.75, 3.05) is 50.8 Å². The Kier molecular flexibility index (Phi) is 7.94. The molecule has 3 aliphatic heterocycles. The van der Waals surface area contributed by atoms with E-state index >= 15 is 0 Å². The number of amides is 2. The molecular formula is C31H44N4O4. The monoisotopic (exact) mass is 536 g/mol. The number of carbonyl (C=O) groups excluding carboxylic acids is 3. The van der Waals surface area contributed by atoms with Crippen molar-refractivity contribution in [3.05, 3.63) is 29.8 Å². The van der Waals surface area contributed by atoms with Gasteiger partial charge in [-0.25, -0.2) is 0 Å². The topological polar surface area (TPSA) is 82.2 Å². The van der Waals surface area contributed by atoms with Gasteiger partial charge < -0.3 is 19.9 Å². The number of hydrogen-bond donors (Lipinski definition) is 1. The number of fused-ring (bicyclic) bond motifs is 1. The van der Waals surface area contributed by atoms with E-state index < -0.39 is 12.1 Å². The molecule has 8 heteroatoms. The summed E-state index contributed by atoms with van der Waals surface area (Å²) >= 11 is 0. The summed E-state index contributed by atoms with van der Waals surface area (Å²) in [5.41, 5.74) is 1.71. The number of Topliss-reactive ketones (excluding diaryl/α,β-unsaturated/α-hetero) is 1. The largest absolute Gasteiger partial charge is 0.369 e. The number of ether oxygens (including phenoxy) is 1. The smallest absolute Gasteiger partial charge is 0.251 e. The van der Waals surface area contributed by atoms with Crippen LogP contribution in [-0.2, 0) is 14.3 Å². The lowest BCUT2D eigenvalue weighted by molar-refractivity contribution is -0.139. The molecule has 0 aromatic heterocycles. The first-order valence-electron chi connectivity index (χ1n) is 15.4. The number of hydrogen-bond acceptors (Lipinski definition) is 6. The first-order valence-corrected chi connectivity index (χ1v) is 15.4. The number of nitrogens with zero attached hydrogens (tertiary/aromatic N) is 3. The van der Waals surface area contributed by atoms with Gasteiger partial charge in [0.1, 0.15) is 18.7 Å². The zero-order valence-electron chi connectivity index (χ0n) is 23.4. The first kappa shape index (κ1) is 26.8. The summed E-state index contributed by atoms with van der Waals surface area (Å²) in [5.74, 6) is 0.609. The molecule has 3 heterocycles. The molecule has 1 aromatic carbocycles. The summed E-state index contributed by atoms with van der Waals surface area (Å²) in [6.45, 7) is 8.15. The van der Waals surface area contributed by atoms with E-state index in [2.05, 4.69) is 22.0 Å². The van der Waals surface area contributed by atoms with Crippen LogP contribution in [0.15, 0.2) is 24.3 Å². The molecular weight excluding hydrogens is 492 g/mol. The van der Waals surface area contributed by atoms with Crippen LogP contribution in [0.25, 0.3) is 0 Å². The van der Waals surface area contributed by atoms with Crippen LogP contribution in [0.1, 0.15) is 68.6 Å². The van der Waals surface area contributed by atoms with E-state index in [0.717, 1.165) is 76.9 Å². The Morgan fingerprint density at radius 2 is 1.72 bits per heavy atom. The van der Waals surface area contributed by atoms with Crippen molar-refractivity contribution >= 4 is 23.3 Å². The van der Waals surface area contributed by atoms with Crippen molar-refractivity contribution in [1.29, 1.82) is 0 Å². The van der Waals surface area contributed by atoms with Gasteiger partial charge in [-0.2, -0.15) is 0 Å². The fourth-order valence-electron chi connectivity index (χ4n) is 7.48. The third kappa shape index (κ3) is 5.60.